The topological polar surface area (TPSA) is 135 Å². The van der Waals surface area contributed by atoms with Crippen LogP contribution in [0.3, 0.4) is 0 Å². The Labute approximate surface area is 196 Å². The van der Waals surface area contributed by atoms with Gasteiger partial charge in [-0.2, -0.15) is 4.98 Å². The van der Waals surface area contributed by atoms with Crippen molar-refractivity contribution in [3.63, 3.8) is 0 Å². The average Bonchev–Trinajstić information content (AvgIpc) is 3.23. The van der Waals surface area contributed by atoms with Crippen LogP contribution in [-0.4, -0.2) is 68.3 Å². The summed E-state index contributed by atoms with van der Waals surface area (Å²) in [7, 11) is 3.25. The molecule has 0 atom stereocenters. The Bertz CT molecular complexity index is 1250. The zero-order valence-electron chi connectivity index (χ0n) is 19.8. The highest BCUT2D eigenvalue weighted by Gasteiger charge is 2.35. The number of anilines is 1. The molecule has 1 aromatic carbocycles. The summed E-state index contributed by atoms with van der Waals surface area (Å²) in [4.78, 5) is 47.0. The first-order valence-corrected chi connectivity index (χ1v) is 11.2. The molecule has 180 valence electrons. The van der Waals surface area contributed by atoms with Gasteiger partial charge in [0.1, 0.15) is 5.75 Å². The van der Waals surface area contributed by atoms with Crippen molar-refractivity contribution in [2.45, 2.75) is 26.7 Å². The predicted molar refractivity (Wildman–Crippen MR) is 126 cm³/mol. The van der Waals surface area contributed by atoms with Crippen molar-refractivity contribution in [2.75, 3.05) is 32.1 Å². The number of hydrogen-bond donors (Lipinski definition) is 2. The standard InChI is InChI=1S/C23H29N7O4/c1-23(2,13-24-22-25-19-17(20(32)26-22)27-28-29(19)3)21(33)30-11-9-15(10-12-30)18(31)14-5-7-16(34-4)8-6-14/h5-8,15H,9-13H2,1-4H3,(H2,24,25,26,32). The molecule has 1 saturated heterocycles. The number of hydrogen-bond acceptors (Lipinski definition) is 8. The van der Waals surface area contributed by atoms with E-state index in [1.165, 1.54) is 4.68 Å². The second-order valence-electron chi connectivity index (χ2n) is 9.20. The minimum absolute atomic E-state index is 0.0130. The maximum absolute atomic E-state index is 13.2. The van der Waals surface area contributed by atoms with Crippen molar-refractivity contribution >= 4 is 28.8 Å². The number of nitrogens with one attached hydrogen (secondary N) is 2. The van der Waals surface area contributed by atoms with E-state index < -0.39 is 11.0 Å². The molecule has 0 aliphatic carbocycles. The molecular weight excluding hydrogens is 438 g/mol. The number of benzene rings is 1. The summed E-state index contributed by atoms with van der Waals surface area (Å²) in [6.07, 6.45) is 1.25. The molecule has 0 bridgehead atoms. The summed E-state index contributed by atoms with van der Waals surface area (Å²) in [5.74, 6) is 0.954. The molecule has 11 heteroatoms. The van der Waals surface area contributed by atoms with Gasteiger partial charge in [-0.3, -0.25) is 19.4 Å². The first-order valence-electron chi connectivity index (χ1n) is 11.2. The maximum atomic E-state index is 13.2. The van der Waals surface area contributed by atoms with Crippen molar-refractivity contribution < 1.29 is 14.3 Å². The second kappa shape index (κ2) is 9.24. The van der Waals surface area contributed by atoms with E-state index in [0.29, 0.717) is 42.9 Å². The lowest BCUT2D eigenvalue weighted by Gasteiger charge is -2.36. The molecule has 1 aliphatic heterocycles. The number of rotatable bonds is 7. The van der Waals surface area contributed by atoms with Gasteiger partial charge in [0.15, 0.2) is 16.9 Å². The van der Waals surface area contributed by atoms with Gasteiger partial charge in [0.05, 0.1) is 12.5 Å². The molecular formula is C23H29N7O4. The molecule has 0 saturated carbocycles. The van der Waals surface area contributed by atoms with E-state index in [1.54, 1.807) is 38.4 Å². The number of aromatic amines is 1. The molecule has 1 amide bonds. The summed E-state index contributed by atoms with van der Waals surface area (Å²) in [5, 5.41) is 10.7. The smallest absolute Gasteiger partial charge is 0.282 e. The minimum atomic E-state index is -0.745. The second-order valence-corrected chi connectivity index (χ2v) is 9.20. The molecule has 0 radical (unpaired) electrons. The molecule has 3 aromatic rings. The van der Waals surface area contributed by atoms with Gasteiger partial charge in [-0.05, 0) is 51.0 Å². The fourth-order valence-electron chi connectivity index (χ4n) is 4.15. The third-order valence-corrected chi connectivity index (χ3v) is 6.27. The number of ketones is 1. The number of piperidine rings is 1. The number of nitrogens with zero attached hydrogens (tertiary/aromatic N) is 5. The highest BCUT2D eigenvalue weighted by molar-refractivity contribution is 5.98. The van der Waals surface area contributed by atoms with Crippen LogP contribution in [-0.2, 0) is 11.8 Å². The molecule has 0 unspecified atom stereocenters. The molecule has 1 fully saturated rings. The maximum Gasteiger partial charge on any atom is 0.282 e. The Morgan fingerprint density at radius 3 is 2.53 bits per heavy atom. The number of H-pyrrole nitrogens is 1. The zero-order valence-corrected chi connectivity index (χ0v) is 19.8. The molecule has 2 aromatic heterocycles. The Kier molecular flexibility index (Phi) is 6.36. The van der Waals surface area contributed by atoms with Gasteiger partial charge in [0.25, 0.3) is 5.56 Å². The Morgan fingerprint density at radius 2 is 1.88 bits per heavy atom. The van der Waals surface area contributed by atoms with E-state index in [4.69, 9.17) is 4.74 Å². The highest BCUT2D eigenvalue weighted by Crippen LogP contribution is 2.27. The highest BCUT2D eigenvalue weighted by atomic mass is 16.5. The van der Waals surface area contributed by atoms with Gasteiger partial charge < -0.3 is 15.0 Å². The first kappa shape index (κ1) is 23.4. The summed E-state index contributed by atoms with van der Waals surface area (Å²) in [5.41, 5.74) is 0.0466. The Balaban J connectivity index is 1.35. The summed E-state index contributed by atoms with van der Waals surface area (Å²) in [6.45, 7) is 5.02. The molecule has 11 nitrogen and oxygen atoms in total. The van der Waals surface area contributed by atoms with E-state index in [0.717, 1.165) is 0 Å². The Hall–Kier alpha value is -3.76. The van der Waals surface area contributed by atoms with Crippen LogP contribution in [0.1, 0.15) is 37.0 Å². The zero-order chi connectivity index (χ0) is 24.5. The fraction of sp³-hybridized carbons (Fsp3) is 0.478. The Morgan fingerprint density at radius 1 is 1.21 bits per heavy atom. The lowest BCUT2D eigenvalue weighted by molar-refractivity contribution is -0.140. The number of aryl methyl sites for hydroxylation is 1. The van der Waals surface area contributed by atoms with Gasteiger partial charge in [-0.15, -0.1) is 5.10 Å². The monoisotopic (exact) mass is 467 g/mol. The van der Waals surface area contributed by atoms with E-state index >= 15 is 0 Å². The van der Waals surface area contributed by atoms with Crippen molar-refractivity contribution in [3.8, 4) is 5.75 Å². The normalized spacial score (nSPS) is 14.9. The number of carbonyl (C=O) groups excluding carboxylic acids is 2. The minimum Gasteiger partial charge on any atom is -0.497 e. The van der Waals surface area contributed by atoms with Gasteiger partial charge >= 0.3 is 0 Å². The fourth-order valence-corrected chi connectivity index (χ4v) is 4.15. The number of methoxy groups -OCH3 is 1. The van der Waals surface area contributed by atoms with Crippen molar-refractivity contribution in [1.82, 2.24) is 29.9 Å². The lowest BCUT2D eigenvalue weighted by atomic mass is 9.86. The number of Topliss-reactive ketones (excluding diaryl/α,β-unsaturated/α-hetero) is 1. The number of aromatic nitrogens is 5. The number of fused-ring (bicyclic) bond motifs is 1. The molecule has 34 heavy (non-hydrogen) atoms. The van der Waals surface area contributed by atoms with Crippen LogP contribution in [0, 0.1) is 11.3 Å². The largest absolute Gasteiger partial charge is 0.497 e. The molecule has 2 N–H and O–H groups in total. The third kappa shape index (κ3) is 4.63. The van der Waals surface area contributed by atoms with E-state index in [1.807, 2.05) is 18.7 Å². The van der Waals surface area contributed by atoms with E-state index in [9.17, 15) is 14.4 Å². The number of amides is 1. The number of carbonyl (C=O) groups is 2. The third-order valence-electron chi connectivity index (χ3n) is 6.27. The van der Waals surface area contributed by atoms with Gasteiger partial charge in [-0.25, -0.2) is 4.68 Å². The van der Waals surface area contributed by atoms with Crippen LogP contribution in [0.2, 0.25) is 0 Å². The van der Waals surface area contributed by atoms with Crippen molar-refractivity contribution in [1.29, 1.82) is 0 Å². The predicted octanol–water partition coefficient (Wildman–Crippen LogP) is 1.62. The van der Waals surface area contributed by atoms with Crippen LogP contribution in [0.25, 0.3) is 11.2 Å². The average molecular weight is 468 g/mol. The van der Waals surface area contributed by atoms with Crippen LogP contribution < -0.4 is 15.6 Å². The lowest BCUT2D eigenvalue weighted by Crippen LogP contribution is -2.48. The molecule has 1 aliphatic rings. The molecule has 3 heterocycles. The molecule has 0 spiro atoms. The quantitative estimate of drug-likeness (QED) is 0.501. The van der Waals surface area contributed by atoms with E-state index in [-0.39, 0.29) is 35.6 Å². The van der Waals surface area contributed by atoms with Gasteiger partial charge in [-0.1, -0.05) is 5.21 Å². The van der Waals surface area contributed by atoms with Crippen molar-refractivity contribution in [2.24, 2.45) is 18.4 Å². The van der Waals surface area contributed by atoms with Crippen LogP contribution in [0.4, 0.5) is 5.95 Å². The van der Waals surface area contributed by atoms with E-state index in [2.05, 4.69) is 25.6 Å². The summed E-state index contributed by atoms with van der Waals surface area (Å²) < 4.78 is 6.57. The van der Waals surface area contributed by atoms with Crippen LogP contribution >= 0.6 is 0 Å². The molecule has 4 rings (SSSR count). The van der Waals surface area contributed by atoms with Gasteiger partial charge in [0.2, 0.25) is 11.9 Å². The van der Waals surface area contributed by atoms with Crippen LogP contribution in [0.15, 0.2) is 29.1 Å². The number of ether oxygens (including phenoxy) is 1. The first-order chi connectivity index (χ1) is 16.2. The van der Waals surface area contributed by atoms with Crippen molar-refractivity contribution in [3.05, 3.63) is 40.2 Å². The number of likely N-dealkylation sites (tertiary alicyclic amines) is 1. The SMILES string of the molecule is COc1ccc(C(=O)C2CCN(C(=O)C(C)(C)CNc3nc4c(nnn4C)c(=O)[nH]3)CC2)cc1. The van der Waals surface area contributed by atoms with Gasteiger partial charge in [0, 0.05) is 38.2 Å². The summed E-state index contributed by atoms with van der Waals surface area (Å²) >= 11 is 0. The van der Waals surface area contributed by atoms with Crippen LogP contribution in [0.5, 0.6) is 5.75 Å². The summed E-state index contributed by atoms with van der Waals surface area (Å²) in [6, 6.07) is 7.13.